The van der Waals surface area contributed by atoms with E-state index in [0.29, 0.717) is 5.56 Å². The fourth-order valence-electron chi connectivity index (χ4n) is 2.22. The van der Waals surface area contributed by atoms with Crippen LogP contribution in [0.5, 0.6) is 5.75 Å². The van der Waals surface area contributed by atoms with Crippen molar-refractivity contribution in [1.29, 1.82) is 5.26 Å². The van der Waals surface area contributed by atoms with Gasteiger partial charge in [0, 0.05) is 11.5 Å². The van der Waals surface area contributed by atoms with Crippen LogP contribution in [0.2, 0.25) is 0 Å². The summed E-state index contributed by atoms with van der Waals surface area (Å²) < 4.78 is 5.77. The Morgan fingerprint density at radius 2 is 2.25 bits per heavy atom. The first-order valence-electron chi connectivity index (χ1n) is 5.14. The molecule has 0 radical (unpaired) electrons. The van der Waals surface area contributed by atoms with Crippen LogP contribution in [0.1, 0.15) is 17.0 Å². The van der Waals surface area contributed by atoms with Crippen LogP contribution in [-0.2, 0) is 0 Å². The number of nitrogens with two attached hydrogens (primary N) is 1. The number of hydrogen-bond donors (Lipinski definition) is 1. The molecule has 3 rings (SSSR count). The molecule has 1 aromatic carbocycles. The first kappa shape index (κ1) is 9.05. The highest BCUT2D eigenvalue weighted by Crippen LogP contribution is 2.42. The molecular weight excluding hydrogens is 200 g/mol. The second-order valence-electron chi connectivity index (χ2n) is 3.98. The Labute approximate surface area is 93.4 Å². The molecule has 2 N–H and O–H groups in total. The molecule has 3 heteroatoms. The van der Waals surface area contributed by atoms with Crippen molar-refractivity contribution < 1.29 is 4.74 Å². The van der Waals surface area contributed by atoms with E-state index in [1.807, 2.05) is 24.3 Å². The minimum absolute atomic E-state index is 0.103. The summed E-state index contributed by atoms with van der Waals surface area (Å²) in [5.41, 5.74) is 8.34. The standard InChI is InChI=1S/C13H10N2O/c14-7-8-4-5-12-10(6-8)9-2-1-3-11(15)13(9)16-12/h1-6,9,13H,15H2. The largest absolute Gasteiger partial charge is 0.483 e. The van der Waals surface area contributed by atoms with E-state index in [1.54, 1.807) is 6.07 Å². The van der Waals surface area contributed by atoms with Gasteiger partial charge in [-0.15, -0.1) is 0 Å². The third kappa shape index (κ3) is 1.13. The molecule has 1 aliphatic heterocycles. The number of hydrogen-bond acceptors (Lipinski definition) is 3. The van der Waals surface area contributed by atoms with E-state index in [-0.39, 0.29) is 12.0 Å². The Balaban J connectivity index is 2.10. The van der Waals surface area contributed by atoms with Gasteiger partial charge in [0.15, 0.2) is 0 Å². The molecule has 16 heavy (non-hydrogen) atoms. The van der Waals surface area contributed by atoms with Crippen molar-refractivity contribution in [3.8, 4) is 11.8 Å². The van der Waals surface area contributed by atoms with Crippen LogP contribution in [0.3, 0.4) is 0 Å². The lowest BCUT2D eigenvalue weighted by atomic mass is 9.90. The van der Waals surface area contributed by atoms with Crippen LogP contribution in [-0.4, -0.2) is 6.10 Å². The Morgan fingerprint density at radius 3 is 3.06 bits per heavy atom. The molecule has 0 saturated carbocycles. The zero-order valence-corrected chi connectivity index (χ0v) is 8.55. The quantitative estimate of drug-likeness (QED) is 0.710. The van der Waals surface area contributed by atoms with Crippen molar-refractivity contribution >= 4 is 0 Å². The van der Waals surface area contributed by atoms with Crippen LogP contribution in [0.25, 0.3) is 0 Å². The number of nitrogens with zero attached hydrogens (tertiary/aromatic N) is 1. The molecule has 0 aromatic heterocycles. The number of nitriles is 1. The van der Waals surface area contributed by atoms with Gasteiger partial charge in [0.2, 0.25) is 0 Å². The Kier molecular flexibility index (Phi) is 1.78. The lowest BCUT2D eigenvalue weighted by molar-refractivity contribution is 0.253. The van der Waals surface area contributed by atoms with Gasteiger partial charge in [-0.05, 0) is 24.3 Å². The molecule has 2 unspecified atom stereocenters. The summed E-state index contributed by atoms with van der Waals surface area (Å²) in [5, 5.41) is 8.87. The van der Waals surface area contributed by atoms with Gasteiger partial charge < -0.3 is 10.5 Å². The second-order valence-corrected chi connectivity index (χ2v) is 3.98. The van der Waals surface area contributed by atoms with Gasteiger partial charge in [-0.25, -0.2) is 0 Å². The zero-order valence-electron chi connectivity index (χ0n) is 8.55. The Hall–Kier alpha value is -2.21. The number of fused-ring (bicyclic) bond motifs is 3. The van der Waals surface area contributed by atoms with E-state index in [9.17, 15) is 0 Å². The number of benzene rings is 1. The zero-order chi connectivity index (χ0) is 11.1. The summed E-state index contributed by atoms with van der Waals surface area (Å²) >= 11 is 0. The fourth-order valence-corrected chi connectivity index (χ4v) is 2.22. The van der Waals surface area contributed by atoms with Gasteiger partial charge in [0.05, 0.1) is 17.3 Å². The first-order valence-corrected chi connectivity index (χ1v) is 5.14. The Bertz CT molecular complexity index is 552. The average Bonchev–Trinajstić information content (AvgIpc) is 2.68. The van der Waals surface area contributed by atoms with E-state index < -0.39 is 0 Å². The smallest absolute Gasteiger partial charge is 0.148 e. The fraction of sp³-hybridized carbons (Fsp3) is 0.154. The summed E-state index contributed by atoms with van der Waals surface area (Å²) in [6.45, 7) is 0. The molecule has 3 nitrogen and oxygen atoms in total. The summed E-state index contributed by atoms with van der Waals surface area (Å²) in [6.07, 6.45) is 5.76. The molecule has 0 spiro atoms. The van der Waals surface area contributed by atoms with Gasteiger partial charge in [-0.3, -0.25) is 0 Å². The van der Waals surface area contributed by atoms with Gasteiger partial charge >= 0.3 is 0 Å². The van der Waals surface area contributed by atoms with Gasteiger partial charge in [0.1, 0.15) is 11.9 Å². The van der Waals surface area contributed by atoms with Crippen molar-refractivity contribution in [2.45, 2.75) is 12.0 Å². The molecule has 1 aromatic rings. The predicted octanol–water partition coefficient (Wildman–Crippen LogP) is 1.82. The van der Waals surface area contributed by atoms with Crippen molar-refractivity contribution in [2.24, 2.45) is 5.73 Å². The molecule has 0 fully saturated rings. The van der Waals surface area contributed by atoms with Crippen LogP contribution in [0, 0.1) is 11.3 Å². The minimum Gasteiger partial charge on any atom is -0.483 e. The number of rotatable bonds is 0. The SMILES string of the molecule is N#Cc1ccc2c(c1)C1C=CC=C(N)C1O2. The molecule has 0 amide bonds. The van der Waals surface area contributed by atoms with Gasteiger partial charge in [-0.2, -0.15) is 5.26 Å². The van der Waals surface area contributed by atoms with E-state index in [0.717, 1.165) is 17.0 Å². The maximum Gasteiger partial charge on any atom is 0.148 e. The molecule has 0 saturated heterocycles. The van der Waals surface area contributed by atoms with E-state index in [2.05, 4.69) is 12.1 Å². The lowest BCUT2D eigenvalue weighted by Crippen LogP contribution is -2.26. The summed E-state index contributed by atoms with van der Waals surface area (Å²) in [5.74, 6) is 0.977. The molecule has 2 aliphatic rings. The highest BCUT2D eigenvalue weighted by molar-refractivity contribution is 5.51. The predicted molar refractivity (Wildman–Crippen MR) is 59.7 cm³/mol. The number of ether oxygens (including phenoxy) is 1. The normalized spacial score (nSPS) is 25.1. The van der Waals surface area contributed by atoms with E-state index in [4.69, 9.17) is 15.7 Å². The lowest BCUT2D eigenvalue weighted by Gasteiger charge is -2.19. The Morgan fingerprint density at radius 1 is 1.38 bits per heavy atom. The van der Waals surface area contributed by atoms with Crippen molar-refractivity contribution in [3.05, 3.63) is 53.3 Å². The van der Waals surface area contributed by atoms with Crippen molar-refractivity contribution in [1.82, 2.24) is 0 Å². The van der Waals surface area contributed by atoms with Crippen LogP contribution >= 0.6 is 0 Å². The van der Waals surface area contributed by atoms with Gasteiger partial charge in [0.25, 0.3) is 0 Å². The second kappa shape index (κ2) is 3.14. The van der Waals surface area contributed by atoms with E-state index in [1.165, 1.54) is 0 Å². The maximum atomic E-state index is 8.87. The molecule has 78 valence electrons. The van der Waals surface area contributed by atoms with Crippen LogP contribution in [0.15, 0.2) is 42.1 Å². The number of allylic oxidation sites excluding steroid dienone is 2. The van der Waals surface area contributed by atoms with Crippen molar-refractivity contribution in [3.63, 3.8) is 0 Å². The summed E-state index contributed by atoms with van der Waals surface area (Å²) in [4.78, 5) is 0. The molecule has 1 heterocycles. The monoisotopic (exact) mass is 210 g/mol. The molecule has 1 aliphatic carbocycles. The van der Waals surface area contributed by atoms with Crippen LogP contribution in [0.4, 0.5) is 0 Å². The third-order valence-electron chi connectivity index (χ3n) is 3.01. The molecule has 2 atom stereocenters. The summed E-state index contributed by atoms with van der Waals surface area (Å²) in [6, 6.07) is 7.62. The highest BCUT2D eigenvalue weighted by Gasteiger charge is 2.35. The highest BCUT2D eigenvalue weighted by atomic mass is 16.5. The average molecular weight is 210 g/mol. The van der Waals surface area contributed by atoms with Gasteiger partial charge in [-0.1, -0.05) is 12.2 Å². The molecular formula is C13H10N2O. The first-order chi connectivity index (χ1) is 7.79. The summed E-state index contributed by atoms with van der Waals surface area (Å²) in [7, 11) is 0. The van der Waals surface area contributed by atoms with Crippen LogP contribution < -0.4 is 10.5 Å². The van der Waals surface area contributed by atoms with Crippen molar-refractivity contribution in [2.75, 3.05) is 0 Å². The third-order valence-corrected chi connectivity index (χ3v) is 3.01. The topological polar surface area (TPSA) is 59.0 Å². The minimum atomic E-state index is -0.103. The maximum absolute atomic E-state index is 8.87. The molecule has 0 bridgehead atoms. The van der Waals surface area contributed by atoms with E-state index >= 15 is 0 Å².